The lowest BCUT2D eigenvalue weighted by Crippen LogP contribution is -1.76. The SMILES string of the molecule is [CH2-]CCCCCCC[CH2-]. The first-order valence-electron chi connectivity index (χ1n) is 4.00. The van der Waals surface area contributed by atoms with Gasteiger partial charge in [0, 0.05) is 0 Å². The highest BCUT2D eigenvalue weighted by atomic mass is 13.9. The minimum absolute atomic E-state index is 1.10. The van der Waals surface area contributed by atoms with E-state index < -0.39 is 0 Å². The van der Waals surface area contributed by atoms with Crippen molar-refractivity contribution in [2.45, 2.75) is 44.9 Å². The molecule has 0 atom stereocenters. The first-order valence-corrected chi connectivity index (χ1v) is 4.00. The monoisotopic (exact) mass is 126 g/mol. The molecule has 0 aliphatic rings. The van der Waals surface area contributed by atoms with Gasteiger partial charge in [0.1, 0.15) is 0 Å². The van der Waals surface area contributed by atoms with E-state index in [2.05, 4.69) is 13.8 Å². The van der Waals surface area contributed by atoms with Crippen molar-refractivity contribution in [2.24, 2.45) is 0 Å². The lowest BCUT2D eigenvalue weighted by Gasteiger charge is -2.00. The normalized spacial score (nSPS) is 10.0. The second-order valence-electron chi connectivity index (χ2n) is 2.47. The van der Waals surface area contributed by atoms with Crippen LogP contribution in [0.25, 0.3) is 0 Å². The lowest BCUT2D eigenvalue weighted by atomic mass is 10.1. The maximum absolute atomic E-state index is 3.79. The van der Waals surface area contributed by atoms with E-state index in [1.165, 1.54) is 32.1 Å². The van der Waals surface area contributed by atoms with Gasteiger partial charge < -0.3 is 13.8 Å². The maximum atomic E-state index is 3.79. The van der Waals surface area contributed by atoms with Gasteiger partial charge in [-0.1, -0.05) is 32.1 Å². The van der Waals surface area contributed by atoms with Crippen LogP contribution < -0.4 is 0 Å². The van der Waals surface area contributed by atoms with Crippen molar-refractivity contribution in [1.82, 2.24) is 0 Å². The van der Waals surface area contributed by atoms with Crippen molar-refractivity contribution < 1.29 is 0 Å². The standard InChI is InChI=1S/C9H18/c1-3-5-7-9-8-6-4-2/h1-9H2/q-2. The van der Waals surface area contributed by atoms with Crippen LogP contribution in [0.15, 0.2) is 0 Å². The zero-order valence-electron chi connectivity index (χ0n) is 6.36. The predicted molar refractivity (Wildman–Crippen MR) is 43.0 cm³/mol. The third-order valence-electron chi connectivity index (χ3n) is 1.50. The van der Waals surface area contributed by atoms with Crippen LogP contribution in [0.5, 0.6) is 0 Å². The van der Waals surface area contributed by atoms with Crippen LogP contribution in [0.1, 0.15) is 44.9 Å². The summed E-state index contributed by atoms with van der Waals surface area (Å²) in [7, 11) is 0. The van der Waals surface area contributed by atoms with Gasteiger partial charge in [-0.25, -0.2) is 0 Å². The van der Waals surface area contributed by atoms with Gasteiger partial charge in [0.2, 0.25) is 0 Å². The van der Waals surface area contributed by atoms with Crippen molar-refractivity contribution in [2.75, 3.05) is 0 Å². The van der Waals surface area contributed by atoms with Gasteiger partial charge in [0.05, 0.1) is 0 Å². The van der Waals surface area contributed by atoms with Gasteiger partial charge in [-0.2, -0.15) is 12.8 Å². The molecule has 0 rings (SSSR count). The summed E-state index contributed by atoms with van der Waals surface area (Å²) >= 11 is 0. The molecule has 0 unspecified atom stereocenters. The van der Waals surface area contributed by atoms with Gasteiger partial charge >= 0.3 is 0 Å². The Morgan fingerprint density at radius 3 is 1.22 bits per heavy atom. The molecule has 0 aromatic heterocycles. The number of hydrogen-bond acceptors (Lipinski definition) is 0. The summed E-state index contributed by atoms with van der Waals surface area (Å²) in [5.74, 6) is 0. The Hall–Kier alpha value is 0. The minimum Gasteiger partial charge on any atom is -0.343 e. The van der Waals surface area contributed by atoms with Crippen LogP contribution in [0.3, 0.4) is 0 Å². The zero-order valence-corrected chi connectivity index (χ0v) is 6.36. The van der Waals surface area contributed by atoms with Gasteiger partial charge in [-0.3, -0.25) is 0 Å². The van der Waals surface area contributed by atoms with Crippen molar-refractivity contribution in [3.8, 4) is 0 Å². The van der Waals surface area contributed by atoms with Gasteiger partial charge in [0.25, 0.3) is 0 Å². The molecule has 56 valence electrons. The van der Waals surface area contributed by atoms with E-state index in [-0.39, 0.29) is 0 Å². The summed E-state index contributed by atoms with van der Waals surface area (Å²) in [6, 6.07) is 0. The molecule has 9 heavy (non-hydrogen) atoms. The minimum atomic E-state index is 1.10. The molecule has 0 heteroatoms. The highest BCUT2D eigenvalue weighted by molar-refractivity contribution is 4.46. The highest BCUT2D eigenvalue weighted by Gasteiger charge is 1.82. The average Bonchev–Trinajstić information content (AvgIpc) is 1.89. The van der Waals surface area contributed by atoms with Crippen LogP contribution in [-0.4, -0.2) is 0 Å². The molecule has 0 aliphatic heterocycles. The van der Waals surface area contributed by atoms with E-state index in [9.17, 15) is 0 Å². The predicted octanol–water partition coefficient (Wildman–Crippen LogP) is 3.39. The molecule has 0 N–H and O–H groups in total. The summed E-state index contributed by atoms with van der Waals surface area (Å²) in [6.07, 6.45) is 8.92. The van der Waals surface area contributed by atoms with Crippen molar-refractivity contribution in [3.63, 3.8) is 0 Å². The first kappa shape index (κ1) is 9.00. The van der Waals surface area contributed by atoms with Gasteiger partial charge in [-0.05, 0) is 0 Å². The smallest absolute Gasteiger partial charge is 0.0535 e. The molecule has 0 saturated carbocycles. The number of hydrogen-bond donors (Lipinski definition) is 0. The van der Waals surface area contributed by atoms with Crippen LogP contribution in [0, 0.1) is 13.8 Å². The molecular formula is C9H18-2. The molecule has 0 nitrogen and oxygen atoms in total. The summed E-state index contributed by atoms with van der Waals surface area (Å²) in [6.45, 7) is 7.58. The van der Waals surface area contributed by atoms with Crippen molar-refractivity contribution in [3.05, 3.63) is 13.8 Å². The molecule has 0 spiro atoms. The topological polar surface area (TPSA) is 0 Å². The second kappa shape index (κ2) is 8.00. The van der Waals surface area contributed by atoms with E-state index >= 15 is 0 Å². The quantitative estimate of drug-likeness (QED) is 0.378. The van der Waals surface area contributed by atoms with Crippen molar-refractivity contribution in [1.29, 1.82) is 0 Å². The fourth-order valence-electron chi connectivity index (χ4n) is 0.884. The van der Waals surface area contributed by atoms with Crippen LogP contribution >= 0.6 is 0 Å². The summed E-state index contributed by atoms with van der Waals surface area (Å²) in [5, 5.41) is 0. The maximum Gasteiger partial charge on any atom is -0.0535 e. The van der Waals surface area contributed by atoms with E-state index in [0.29, 0.717) is 0 Å². The van der Waals surface area contributed by atoms with E-state index in [4.69, 9.17) is 0 Å². The van der Waals surface area contributed by atoms with Gasteiger partial charge in [0.15, 0.2) is 0 Å². The Labute approximate surface area is 59.7 Å². The zero-order chi connectivity index (χ0) is 6.95. The van der Waals surface area contributed by atoms with Crippen LogP contribution in [-0.2, 0) is 0 Å². The van der Waals surface area contributed by atoms with Crippen LogP contribution in [0.2, 0.25) is 0 Å². The largest absolute Gasteiger partial charge is 0.343 e. The number of unbranched alkanes of at least 4 members (excludes halogenated alkanes) is 6. The molecule has 0 saturated heterocycles. The Bertz CT molecular complexity index is 33.3. The average molecular weight is 126 g/mol. The summed E-state index contributed by atoms with van der Waals surface area (Å²) < 4.78 is 0. The lowest BCUT2D eigenvalue weighted by molar-refractivity contribution is 0.621. The molecule has 0 fully saturated rings. The highest BCUT2D eigenvalue weighted by Crippen LogP contribution is 2.05. The molecule has 0 aromatic rings. The fraction of sp³-hybridized carbons (Fsp3) is 0.778. The van der Waals surface area contributed by atoms with E-state index in [1.807, 2.05) is 0 Å². The van der Waals surface area contributed by atoms with Crippen molar-refractivity contribution >= 4 is 0 Å². The Morgan fingerprint density at radius 2 is 0.889 bits per heavy atom. The van der Waals surface area contributed by atoms with E-state index in [0.717, 1.165) is 12.8 Å². The molecule has 0 heterocycles. The molecule has 0 aromatic carbocycles. The first-order chi connectivity index (χ1) is 4.41. The van der Waals surface area contributed by atoms with Crippen LogP contribution in [0.4, 0.5) is 0 Å². The molecule has 0 bridgehead atoms. The number of rotatable bonds is 6. The summed E-state index contributed by atoms with van der Waals surface area (Å²) in [5.41, 5.74) is 0. The Kier molecular flexibility index (Phi) is 8.00. The second-order valence-corrected chi connectivity index (χ2v) is 2.47. The molecular weight excluding hydrogens is 108 g/mol. The Balaban J connectivity index is 2.60. The molecule has 0 radical (unpaired) electrons. The van der Waals surface area contributed by atoms with E-state index in [1.54, 1.807) is 0 Å². The molecule has 0 amide bonds. The summed E-state index contributed by atoms with van der Waals surface area (Å²) in [4.78, 5) is 0. The Morgan fingerprint density at radius 1 is 0.556 bits per heavy atom. The van der Waals surface area contributed by atoms with Gasteiger partial charge in [-0.15, -0.1) is 0 Å². The molecule has 0 aliphatic carbocycles. The third kappa shape index (κ3) is 8.00. The third-order valence-corrected chi connectivity index (χ3v) is 1.50. The fourth-order valence-corrected chi connectivity index (χ4v) is 0.884.